The first kappa shape index (κ1) is 19.4. The molecular formula is C17H17Cl2N3O2S2. The summed E-state index contributed by atoms with van der Waals surface area (Å²) in [5.41, 5.74) is 0.740. The molecular weight excluding hydrogens is 413 g/mol. The lowest BCUT2D eigenvalue weighted by Crippen LogP contribution is -2.51. The number of halogens is 2. The predicted octanol–water partition coefficient (Wildman–Crippen LogP) is 3.70. The minimum atomic E-state index is -3.47. The zero-order valence-corrected chi connectivity index (χ0v) is 16.9. The minimum Gasteiger partial charge on any atom is -0.346 e. The van der Waals surface area contributed by atoms with E-state index in [0.29, 0.717) is 46.2 Å². The Bertz CT molecular complexity index is 899. The number of hydrogen-bond acceptors (Lipinski definition) is 3. The lowest BCUT2D eigenvalue weighted by molar-refractivity contribution is 0.268. The monoisotopic (exact) mass is 429 g/mol. The van der Waals surface area contributed by atoms with Crippen molar-refractivity contribution in [2.24, 2.45) is 0 Å². The van der Waals surface area contributed by atoms with E-state index in [1.807, 2.05) is 4.90 Å². The van der Waals surface area contributed by atoms with Gasteiger partial charge in [0.2, 0.25) is 10.0 Å². The van der Waals surface area contributed by atoms with Gasteiger partial charge in [-0.15, -0.1) is 0 Å². The van der Waals surface area contributed by atoms with Gasteiger partial charge in [-0.05, 0) is 42.5 Å². The summed E-state index contributed by atoms with van der Waals surface area (Å²) in [6, 6.07) is 13.6. The maximum atomic E-state index is 12.7. The molecule has 0 radical (unpaired) electrons. The Morgan fingerprint density at radius 1 is 0.962 bits per heavy atom. The Kier molecular flexibility index (Phi) is 6.04. The van der Waals surface area contributed by atoms with Gasteiger partial charge in [-0.3, -0.25) is 0 Å². The molecule has 1 fully saturated rings. The first-order chi connectivity index (χ1) is 12.4. The summed E-state index contributed by atoms with van der Waals surface area (Å²) in [5, 5.41) is 4.56. The number of nitrogens with one attached hydrogen (secondary N) is 1. The first-order valence-corrected chi connectivity index (χ1v) is 10.5. The van der Waals surface area contributed by atoms with Crippen molar-refractivity contribution < 1.29 is 8.42 Å². The van der Waals surface area contributed by atoms with Crippen LogP contribution in [-0.4, -0.2) is 48.9 Å². The standard InChI is InChI=1S/C17H17Cl2N3O2S2/c18-15-7-6-13(12-16(15)19)20-17(25)21-8-10-22(11-9-21)26(23,24)14-4-2-1-3-5-14/h1-7,12H,8-11H2,(H,20,25). The molecule has 1 saturated heterocycles. The first-order valence-electron chi connectivity index (χ1n) is 7.94. The normalized spacial score (nSPS) is 15.7. The number of rotatable bonds is 3. The molecule has 0 bridgehead atoms. The summed E-state index contributed by atoms with van der Waals surface area (Å²) < 4.78 is 26.8. The largest absolute Gasteiger partial charge is 0.346 e. The average molecular weight is 430 g/mol. The number of sulfonamides is 1. The summed E-state index contributed by atoms with van der Waals surface area (Å²) in [5.74, 6) is 0. The highest BCUT2D eigenvalue weighted by Gasteiger charge is 2.29. The van der Waals surface area contributed by atoms with Crippen LogP contribution in [0.5, 0.6) is 0 Å². The lowest BCUT2D eigenvalue weighted by atomic mass is 10.3. The summed E-state index contributed by atoms with van der Waals surface area (Å²) in [6.45, 7) is 1.78. The Hall–Kier alpha value is -1.38. The van der Waals surface area contributed by atoms with Gasteiger partial charge >= 0.3 is 0 Å². The predicted molar refractivity (Wildman–Crippen MR) is 109 cm³/mol. The van der Waals surface area contributed by atoms with Gasteiger partial charge < -0.3 is 10.2 Å². The molecule has 0 atom stereocenters. The van der Waals surface area contributed by atoms with Gasteiger partial charge in [0.05, 0.1) is 14.9 Å². The Morgan fingerprint density at radius 3 is 2.23 bits per heavy atom. The van der Waals surface area contributed by atoms with Crippen LogP contribution in [0.25, 0.3) is 0 Å². The van der Waals surface area contributed by atoms with E-state index < -0.39 is 10.0 Å². The Balaban J connectivity index is 1.61. The van der Waals surface area contributed by atoms with Gasteiger partial charge in [0.1, 0.15) is 0 Å². The molecule has 2 aromatic rings. The Morgan fingerprint density at radius 2 is 1.62 bits per heavy atom. The summed E-state index contributed by atoms with van der Waals surface area (Å²) in [4.78, 5) is 2.25. The third-order valence-corrected chi connectivity index (χ3v) is 7.09. The van der Waals surface area contributed by atoms with Gasteiger partial charge in [0, 0.05) is 31.9 Å². The number of thiocarbonyl (C=S) groups is 1. The maximum Gasteiger partial charge on any atom is 0.243 e. The summed E-state index contributed by atoms with van der Waals surface area (Å²) in [6.07, 6.45) is 0. The quantitative estimate of drug-likeness (QED) is 0.753. The van der Waals surface area contributed by atoms with E-state index in [1.54, 1.807) is 48.5 Å². The van der Waals surface area contributed by atoms with Crippen LogP contribution in [0.1, 0.15) is 0 Å². The number of anilines is 1. The van der Waals surface area contributed by atoms with Crippen LogP contribution in [0.3, 0.4) is 0 Å². The average Bonchev–Trinajstić information content (AvgIpc) is 2.65. The van der Waals surface area contributed by atoms with Gasteiger partial charge in [-0.2, -0.15) is 4.31 Å². The lowest BCUT2D eigenvalue weighted by Gasteiger charge is -2.35. The highest BCUT2D eigenvalue weighted by atomic mass is 35.5. The molecule has 0 saturated carbocycles. The van der Waals surface area contributed by atoms with Gasteiger partial charge in [0.15, 0.2) is 5.11 Å². The molecule has 0 amide bonds. The SMILES string of the molecule is O=S(=O)(c1ccccc1)N1CCN(C(=S)Nc2ccc(Cl)c(Cl)c2)CC1. The molecule has 9 heteroatoms. The van der Waals surface area contributed by atoms with Crippen LogP contribution >= 0.6 is 35.4 Å². The molecule has 0 aromatic heterocycles. The topological polar surface area (TPSA) is 52.7 Å². The van der Waals surface area contributed by atoms with E-state index in [-0.39, 0.29) is 0 Å². The van der Waals surface area contributed by atoms with E-state index in [0.717, 1.165) is 5.69 Å². The fourth-order valence-corrected chi connectivity index (χ4v) is 4.69. The summed E-state index contributed by atoms with van der Waals surface area (Å²) in [7, 11) is -3.47. The third kappa shape index (κ3) is 4.29. The highest BCUT2D eigenvalue weighted by Crippen LogP contribution is 2.25. The van der Waals surface area contributed by atoms with Gasteiger partial charge in [-0.25, -0.2) is 8.42 Å². The van der Waals surface area contributed by atoms with Crippen molar-refractivity contribution in [3.05, 3.63) is 58.6 Å². The van der Waals surface area contributed by atoms with Crippen LogP contribution in [0, 0.1) is 0 Å². The van der Waals surface area contributed by atoms with Crippen LogP contribution < -0.4 is 5.32 Å². The second-order valence-corrected chi connectivity index (χ2v) is 8.90. The van der Waals surface area contributed by atoms with Crippen LogP contribution in [-0.2, 0) is 10.0 Å². The molecule has 1 heterocycles. The van der Waals surface area contributed by atoms with Crippen LogP contribution in [0.15, 0.2) is 53.4 Å². The smallest absolute Gasteiger partial charge is 0.243 e. The van der Waals surface area contributed by atoms with Gasteiger partial charge in [-0.1, -0.05) is 41.4 Å². The van der Waals surface area contributed by atoms with E-state index >= 15 is 0 Å². The molecule has 2 aromatic carbocycles. The van der Waals surface area contributed by atoms with Crippen molar-refractivity contribution in [2.75, 3.05) is 31.5 Å². The molecule has 0 aliphatic carbocycles. The molecule has 5 nitrogen and oxygen atoms in total. The molecule has 26 heavy (non-hydrogen) atoms. The number of piperazine rings is 1. The van der Waals surface area contributed by atoms with Crippen molar-refractivity contribution in [1.82, 2.24) is 9.21 Å². The number of nitrogens with zero attached hydrogens (tertiary/aromatic N) is 2. The fraction of sp³-hybridized carbons (Fsp3) is 0.235. The van der Waals surface area contributed by atoms with E-state index in [1.165, 1.54) is 4.31 Å². The number of hydrogen-bond donors (Lipinski definition) is 1. The zero-order chi connectivity index (χ0) is 18.7. The van der Waals surface area contributed by atoms with Crippen molar-refractivity contribution in [3.63, 3.8) is 0 Å². The van der Waals surface area contributed by atoms with Crippen LogP contribution in [0.4, 0.5) is 5.69 Å². The second kappa shape index (κ2) is 8.10. The van der Waals surface area contributed by atoms with E-state index in [4.69, 9.17) is 35.4 Å². The third-order valence-electron chi connectivity index (χ3n) is 4.08. The molecule has 3 rings (SSSR count). The maximum absolute atomic E-state index is 12.7. The zero-order valence-electron chi connectivity index (χ0n) is 13.7. The molecule has 1 aliphatic heterocycles. The highest BCUT2D eigenvalue weighted by molar-refractivity contribution is 7.89. The molecule has 0 spiro atoms. The van der Waals surface area contributed by atoms with E-state index in [9.17, 15) is 8.42 Å². The molecule has 0 unspecified atom stereocenters. The molecule has 138 valence electrons. The van der Waals surface area contributed by atoms with Crippen molar-refractivity contribution in [2.45, 2.75) is 4.90 Å². The van der Waals surface area contributed by atoms with Crippen LogP contribution in [0.2, 0.25) is 10.0 Å². The van der Waals surface area contributed by atoms with Crippen molar-refractivity contribution in [1.29, 1.82) is 0 Å². The van der Waals surface area contributed by atoms with Crippen molar-refractivity contribution >= 4 is 56.2 Å². The Labute approximate surface area is 168 Å². The molecule has 1 aliphatic rings. The molecule has 1 N–H and O–H groups in total. The van der Waals surface area contributed by atoms with E-state index in [2.05, 4.69) is 5.32 Å². The second-order valence-electron chi connectivity index (χ2n) is 5.76. The van der Waals surface area contributed by atoms with Crippen molar-refractivity contribution in [3.8, 4) is 0 Å². The number of benzene rings is 2. The fourth-order valence-electron chi connectivity index (χ4n) is 2.65. The summed E-state index contributed by atoms with van der Waals surface area (Å²) >= 11 is 17.3. The minimum absolute atomic E-state index is 0.310. The van der Waals surface area contributed by atoms with Gasteiger partial charge in [0.25, 0.3) is 0 Å².